The van der Waals surface area contributed by atoms with Gasteiger partial charge >= 0.3 is 0 Å². The molecule has 0 aliphatic rings. The third-order valence-corrected chi connectivity index (χ3v) is 3.66. The fourth-order valence-corrected chi connectivity index (χ4v) is 2.43. The number of rotatable bonds is 4. The molecule has 0 aliphatic heterocycles. The van der Waals surface area contributed by atoms with Gasteiger partial charge in [0.2, 0.25) is 0 Å². The SMILES string of the molecule is CN(C)c1ccc(/C(=C/c2cccnn2)c2ccccc2)cc1. The topological polar surface area (TPSA) is 29.0 Å². The zero-order valence-electron chi connectivity index (χ0n) is 13.3. The maximum Gasteiger partial charge on any atom is 0.0863 e. The predicted octanol–water partition coefficient (Wildman–Crippen LogP) is 4.13. The lowest BCUT2D eigenvalue weighted by Crippen LogP contribution is -2.08. The van der Waals surface area contributed by atoms with Crippen molar-refractivity contribution in [1.29, 1.82) is 0 Å². The molecule has 0 spiro atoms. The van der Waals surface area contributed by atoms with E-state index in [1.807, 2.05) is 44.4 Å². The van der Waals surface area contributed by atoms with Crippen molar-refractivity contribution in [2.45, 2.75) is 0 Å². The molecule has 23 heavy (non-hydrogen) atoms. The zero-order chi connectivity index (χ0) is 16.1. The number of hydrogen-bond donors (Lipinski definition) is 0. The summed E-state index contributed by atoms with van der Waals surface area (Å²) in [4.78, 5) is 2.10. The Bertz CT molecular complexity index is 776. The van der Waals surface area contributed by atoms with Gasteiger partial charge in [-0.05, 0) is 47.0 Å². The second kappa shape index (κ2) is 6.88. The van der Waals surface area contributed by atoms with Crippen molar-refractivity contribution in [2.75, 3.05) is 19.0 Å². The van der Waals surface area contributed by atoms with E-state index in [0.717, 1.165) is 22.4 Å². The standard InChI is InChI=1S/C20H19N3/c1-23(2)19-12-10-17(11-13-19)20(16-7-4-3-5-8-16)15-18-9-6-14-21-22-18/h3-15H,1-2H3/b20-15+. The van der Waals surface area contributed by atoms with Gasteiger partial charge in [-0.3, -0.25) is 0 Å². The van der Waals surface area contributed by atoms with E-state index in [2.05, 4.69) is 57.6 Å². The van der Waals surface area contributed by atoms with Crippen LogP contribution in [0.4, 0.5) is 5.69 Å². The molecule has 3 nitrogen and oxygen atoms in total. The molecule has 3 aromatic rings. The number of aromatic nitrogens is 2. The minimum Gasteiger partial charge on any atom is -0.378 e. The monoisotopic (exact) mass is 301 g/mol. The molecule has 1 aromatic heterocycles. The van der Waals surface area contributed by atoms with Gasteiger partial charge in [-0.1, -0.05) is 42.5 Å². The Kier molecular flexibility index (Phi) is 4.48. The molecule has 114 valence electrons. The van der Waals surface area contributed by atoms with Crippen LogP contribution in [0, 0.1) is 0 Å². The summed E-state index contributed by atoms with van der Waals surface area (Å²) in [7, 11) is 4.09. The third-order valence-electron chi connectivity index (χ3n) is 3.66. The lowest BCUT2D eigenvalue weighted by molar-refractivity contribution is 1.02. The van der Waals surface area contributed by atoms with E-state index < -0.39 is 0 Å². The lowest BCUT2D eigenvalue weighted by Gasteiger charge is -2.14. The maximum absolute atomic E-state index is 4.18. The van der Waals surface area contributed by atoms with Crippen LogP contribution in [0.5, 0.6) is 0 Å². The summed E-state index contributed by atoms with van der Waals surface area (Å²) in [6, 6.07) is 22.8. The Hall–Kier alpha value is -2.94. The van der Waals surface area contributed by atoms with Gasteiger partial charge in [0.25, 0.3) is 0 Å². The smallest absolute Gasteiger partial charge is 0.0863 e. The van der Waals surface area contributed by atoms with Crippen LogP contribution in [0.3, 0.4) is 0 Å². The summed E-state index contributed by atoms with van der Waals surface area (Å²) in [6.07, 6.45) is 3.76. The largest absolute Gasteiger partial charge is 0.378 e. The number of nitrogens with zero attached hydrogens (tertiary/aromatic N) is 3. The van der Waals surface area contributed by atoms with Crippen molar-refractivity contribution in [1.82, 2.24) is 10.2 Å². The molecule has 0 bridgehead atoms. The molecule has 0 saturated carbocycles. The second-order valence-corrected chi connectivity index (χ2v) is 5.51. The van der Waals surface area contributed by atoms with Crippen LogP contribution in [0.15, 0.2) is 72.9 Å². The van der Waals surface area contributed by atoms with Gasteiger partial charge in [-0.15, -0.1) is 0 Å². The molecular weight excluding hydrogens is 282 g/mol. The Labute approximate surface area is 136 Å². The summed E-state index contributed by atoms with van der Waals surface area (Å²) in [6.45, 7) is 0. The third kappa shape index (κ3) is 3.64. The quantitative estimate of drug-likeness (QED) is 0.725. The summed E-state index contributed by atoms with van der Waals surface area (Å²) < 4.78 is 0. The summed E-state index contributed by atoms with van der Waals surface area (Å²) in [5, 5.41) is 8.14. The molecule has 0 atom stereocenters. The minimum atomic E-state index is 0.850. The maximum atomic E-state index is 4.18. The fraction of sp³-hybridized carbons (Fsp3) is 0.100. The first-order valence-corrected chi connectivity index (χ1v) is 7.56. The molecular formula is C20H19N3. The number of benzene rings is 2. The van der Waals surface area contributed by atoms with Crippen LogP contribution in [0.25, 0.3) is 11.6 Å². The van der Waals surface area contributed by atoms with E-state index in [9.17, 15) is 0 Å². The Morgan fingerprint density at radius 2 is 1.52 bits per heavy atom. The van der Waals surface area contributed by atoms with Gasteiger partial charge in [-0.2, -0.15) is 10.2 Å². The van der Waals surface area contributed by atoms with Gasteiger partial charge < -0.3 is 4.90 Å². The summed E-state index contributed by atoms with van der Waals surface area (Å²) >= 11 is 0. The van der Waals surface area contributed by atoms with Crippen LogP contribution in [-0.2, 0) is 0 Å². The zero-order valence-corrected chi connectivity index (χ0v) is 13.3. The molecule has 0 unspecified atom stereocenters. The highest BCUT2D eigenvalue weighted by molar-refractivity contribution is 5.91. The molecule has 1 heterocycles. The number of anilines is 1. The first-order chi connectivity index (χ1) is 11.2. The average molecular weight is 301 g/mol. The van der Waals surface area contributed by atoms with Crippen LogP contribution in [0.1, 0.15) is 16.8 Å². The van der Waals surface area contributed by atoms with E-state index in [1.54, 1.807) is 6.20 Å². The molecule has 0 fully saturated rings. The first kappa shape index (κ1) is 15.0. The van der Waals surface area contributed by atoms with Crippen molar-refractivity contribution in [3.63, 3.8) is 0 Å². The van der Waals surface area contributed by atoms with E-state index in [-0.39, 0.29) is 0 Å². The van der Waals surface area contributed by atoms with E-state index in [0.29, 0.717) is 0 Å². The Balaban J connectivity index is 2.07. The van der Waals surface area contributed by atoms with E-state index in [1.165, 1.54) is 5.69 Å². The van der Waals surface area contributed by atoms with Crippen molar-refractivity contribution in [3.8, 4) is 0 Å². The Morgan fingerprint density at radius 1 is 0.826 bits per heavy atom. The van der Waals surface area contributed by atoms with Gasteiger partial charge in [0.15, 0.2) is 0 Å². The van der Waals surface area contributed by atoms with Crippen molar-refractivity contribution in [2.24, 2.45) is 0 Å². The van der Waals surface area contributed by atoms with Gasteiger partial charge in [0.1, 0.15) is 0 Å². The lowest BCUT2D eigenvalue weighted by atomic mass is 9.96. The first-order valence-electron chi connectivity index (χ1n) is 7.56. The molecule has 2 aromatic carbocycles. The predicted molar refractivity (Wildman–Crippen MR) is 96.2 cm³/mol. The molecule has 3 heteroatoms. The highest BCUT2D eigenvalue weighted by Gasteiger charge is 2.06. The normalized spacial score (nSPS) is 11.3. The van der Waals surface area contributed by atoms with Gasteiger partial charge in [-0.25, -0.2) is 0 Å². The molecule has 0 radical (unpaired) electrons. The van der Waals surface area contributed by atoms with Crippen LogP contribution in [-0.4, -0.2) is 24.3 Å². The summed E-state index contributed by atoms with van der Waals surface area (Å²) in [5.41, 5.74) is 5.49. The van der Waals surface area contributed by atoms with E-state index >= 15 is 0 Å². The molecule has 0 saturated heterocycles. The molecule has 0 aliphatic carbocycles. The Morgan fingerprint density at radius 3 is 2.13 bits per heavy atom. The average Bonchev–Trinajstić information content (AvgIpc) is 2.61. The fourth-order valence-electron chi connectivity index (χ4n) is 2.43. The molecule has 0 N–H and O–H groups in total. The highest BCUT2D eigenvalue weighted by Crippen LogP contribution is 2.27. The van der Waals surface area contributed by atoms with Crippen molar-refractivity contribution >= 4 is 17.3 Å². The summed E-state index contributed by atoms with van der Waals surface area (Å²) in [5.74, 6) is 0. The van der Waals surface area contributed by atoms with Crippen LogP contribution < -0.4 is 4.90 Å². The highest BCUT2D eigenvalue weighted by atomic mass is 15.1. The van der Waals surface area contributed by atoms with E-state index in [4.69, 9.17) is 0 Å². The van der Waals surface area contributed by atoms with Crippen molar-refractivity contribution < 1.29 is 0 Å². The minimum absolute atomic E-state index is 0.850. The van der Waals surface area contributed by atoms with Crippen LogP contribution in [0.2, 0.25) is 0 Å². The molecule has 0 amide bonds. The van der Waals surface area contributed by atoms with Gasteiger partial charge in [0, 0.05) is 26.0 Å². The van der Waals surface area contributed by atoms with Gasteiger partial charge in [0.05, 0.1) is 5.69 Å². The molecule has 3 rings (SSSR count). The van der Waals surface area contributed by atoms with Crippen LogP contribution >= 0.6 is 0 Å². The van der Waals surface area contributed by atoms with Crippen molar-refractivity contribution in [3.05, 3.63) is 89.7 Å². The number of hydrogen-bond acceptors (Lipinski definition) is 3. The second-order valence-electron chi connectivity index (χ2n) is 5.51.